The molecule has 2 heterocycles. The van der Waals surface area contributed by atoms with E-state index < -0.39 is 12.4 Å². The number of rotatable bonds is 11. The summed E-state index contributed by atoms with van der Waals surface area (Å²) in [7, 11) is 0. The Balaban J connectivity index is 1.36. The van der Waals surface area contributed by atoms with E-state index in [0.29, 0.717) is 6.54 Å². The zero-order valence-electron chi connectivity index (χ0n) is 24.7. The number of carbonyl (C=O) groups excluding carboxylic acids is 1. The van der Waals surface area contributed by atoms with Crippen molar-refractivity contribution >= 4 is 6.09 Å². The second kappa shape index (κ2) is 14.8. The quantitative estimate of drug-likeness (QED) is 0.255. The highest BCUT2D eigenvalue weighted by atomic mass is 16.7. The molecule has 0 saturated carbocycles. The number of nitrogens with zero attached hydrogens (tertiary/aromatic N) is 1. The fourth-order valence-electron chi connectivity index (χ4n) is 6.03. The van der Waals surface area contributed by atoms with Gasteiger partial charge in [0.2, 0.25) is 0 Å². The lowest BCUT2D eigenvalue weighted by Gasteiger charge is -2.43. The first-order valence-corrected chi connectivity index (χ1v) is 15.1. The van der Waals surface area contributed by atoms with Crippen molar-refractivity contribution in [1.82, 2.24) is 10.2 Å². The molecule has 0 spiro atoms. The Kier molecular flexibility index (Phi) is 10.6. The van der Waals surface area contributed by atoms with Crippen molar-refractivity contribution in [2.45, 2.75) is 57.5 Å². The fraction of sp³-hybridized carbons (Fsp3) is 0.400. The SMILES string of the molecule is C=CCOC(=O)NCc1ccccc1-c1ccc([C@@H]2O[C@H](CN3CCC[C@H]3CO)[C@H](C)[C@H](c3ccc(CO)cc3)O2)cc1. The maximum absolute atomic E-state index is 12.0. The van der Waals surface area contributed by atoms with Crippen molar-refractivity contribution in [1.29, 1.82) is 0 Å². The maximum Gasteiger partial charge on any atom is 0.407 e. The molecule has 5 atom stereocenters. The van der Waals surface area contributed by atoms with Gasteiger partial charge in [-0.1, -0.05) is 92.4 Å². The molecule has 0 radical (unpaired) electrons. The van der Waals surface area contributed by atoms with Gasteiger partial charge in [-0.2, -0.15) is 0 Å². The van der Waals surface area contributed by atoms with Gasteiger partial charge in [0.05, 0.1) is 25.4 Å². The zero-order valence-corrected chi connectivity index (χ0v) is 24.7. The van der Waals surface area contributed by atoms with Crippen molar-refractivity contribution in [3.05, 3.63) is 108 Å². The molecule has 0 aliphatic carbocycles. The first kappa shape index (κ1) is 30.9. The van der Waals surface area contributed by atoms with Crippen molar-refractivity contribution in [2.75, 3.05) is 26.3 Å². The highest BCUT2D eigenvalue weighted by Crippen LogP contribution is 2.42. The summed E-state index contributed by atoms with van der Waals surface area (Å²) in [5.74, 6) is 0.0768. The molecule has 2 aliphatic rings. The Bertz CT molecular complexity index is 1350. The van der Waals surface area contributed by atoms with E-state index in [1.807, 2.05) is 60.7 Å². The standard InChI is InChI=1S/C35H42N2O6/c1-3-19-41-35(40)36-20-29-7-4-5-9-31(29)26-14-16-28(17-15-26)34-42-32(21-37-18-6-8-30(37)23-39)24(2)33(43-34)27-12-10-25(22-38)11-13-27/h3-5,7,9-17,24,30,32-34,38-39H,1,6,8,18-23H2,2H3,(H,36,40)/t24-,30-,32+,33+,34+/m0/s1. The summed E-state index contributed by atoms with van der Waals surface area (Å²) in [5.41, 5.74) is 5.83. The third kappa shape index (κ3) is 7.52. The number of hydrogen-bond acceptors (Lipinski definition) is 7. The Morgan fingerprint density at radius 1 is 1.05 bits per heavy atom. The zero-order chi connectivity index (χ0) is 30.2. The molecular weight excluding hydrogens is 544 g/mol. The Morgan fingerprint density at radius 3 is 2.51 bits per heavy atom. The van der Waals surface area contributed by atoms with Crippen LogP contribution in [0.5, 0.6) is 0 Å². The van der Waals surface area contributed by atoms with Crippen LogP contribution in [0.3, 0.4) is 0 Å². The summed E-state index contributed by atoms with van der Waals surface area (Å²) in [6.45, 7) is 8.06. The van der Waals surface area contributed by atoms with Gasteiger partial charge in [-0.15, -0.1) is 0 Å². The molecule has 5 rings (SSSR count). The average molecular weight is 587 g/mol. The third-order valence-electron chi connectivity index (χ3n) is 8.51. The fourth-order valence-corrected chi connectivity index (χ4v) is 6.03. The van der Waals surface area contributed by atoms with Crippen LogP contribution < -0.4 is 5.32 Å². The molecule has 2 fully saturated rings. The van der Waals surface area contributed by atoms with Gasteiger partial charge in [-0.05, 0) is 47.2 Å². The largest absolute Gasteiger partial charge is 0.445 e. The van der Waals surface area contributed by atoms with Gasteiger partial charge in [-0.3, -0.25) is 4.90 Å². The highest BCUT2D eigenvalue weighted by Gasteiger charge is 2.40. The number of likely N-dealkylation sites (tertiary alicyclic amines) is 1. The normalized spacial score (nSPS) is 24.0. The molecule has 1 amide bonds. The minimum absolute atomic E-state index is 0.00182. The minimum atomic E-state index is -0.565. The summed E-state index contributed by atoms with van der Waals surface area (Å²) in [6.07, 6.45) is 2.26. The molecule has 2 saturated heterocycles. The molecule has 43 heavy (non-hydrogen) atoms. The van der Waals surface area contributed by atoms with Crippen LogP contribution in [0.1, 0.15) is 54.4 Å². The predicted molar refractivity (Wildman–Crippen MR) is 165 cm³/mol. The lowest BCUT2D eigenvalue weighted by Crippen LogP contribution is -2.46. The number of carbonyl (C=O) groups is 1. The number of hydrogen-bond donors (Lipinski definition) is 3. The second-order valence-electron chi connectivity index (χ2n) is 11.3. The van der Waals surface area contributed by atoms with Crippen LogP contribution in [0.15, 0.2) is 85.5 Å². The molecule has 0 bridgehead atoms. The molecule has 0 aromatic heterocycles. The lowest BCUT2D eigenvalue weighted by molar-refractivity contribution is -0.276. The number of nitrogens with one attached hydrogen (secondary N) is 1. The van der Waals surface area contributed by atoms with Crippen molar-refractivity contribution in [3.63, 3.8) is 0 Å². The number of amides is 1. The van der Waals surface area contributed by atoms with Crippen LogP contribution in [-0.2, 0) is 27.4 Å². The molecule has 8 nitrogen and oxygen atoms in total. The van der Waals surface area contributed by atoms with Gasteiger partial charge < -0.3 is 29.7 Å². The van der Waals surface area contributed by atoms with E-state index in [2.05, 4.69) is 35.9 Å². The molecule has 228 valence electrons. The summed E-state index contributed by atoms with van der Waals surface area (Å²) in [6, 6.07) is 24.2. The van der Waals surface area contributed by atoms with E-state index in [1.54, 1.807) is 0 Å². The molecule has 0 unspecified atom stereocenters. The summed E-state index contributed by atoms with van der Waals surface area (Å²) in [4.78, 5) is 14.3. The van der Waals surface area contributed by atoms with E-state index in [9.17, 15) is 15.0 Å². The van der Waals surface area contributed by atoms with Gasteiger partial charge >= 0.3 is 6.09 Å². The summed E-state index contributed by atoms with van der Waals surface area (Å²) >= 11 is 0. The summed E-state index contributed by atoms with van der Waals surface area (Å²) < 4.78 is 18.3. The van der Waals surface area contributed by atoms with Crippen LogP contribution in [0.2, 0.25) is 0 Å². The van der Waals surface area contributed by atoms with Crippen LogP contribution in [0, 0.1) is 5.92 Å². The molecule has 3 aromatic carbocycles. The maximum atomic E-state index is 12.0. The predicted octanol–water partition coefficient (Wildman–Crippen LogP) is 5.51. The van der Waals surface area contributed by atoms with Gasteiger partial charge in [-0.25, -0.2) is 4.79 Å². The molecule has 3 N–H and O–H groups in total. The van der Waals surface area contributed by atoms with E-state index in [-0.39, 0.29) is 44.0 Å². The smallest absolute Gasteiger partial charge is 0.407 e. The number of aliphatic hydroxyl groups excluding tert-OH is 2. The molecule has 3 aromatic rings. The molecular formula is C35H42N2O6. The van der Waals surface area contributed by atoms with E-state index in [1.165, 1.54) is 6.08 Å². The van der Waals surface area contributed by atoms with Crippen LogP contribution >= 0.6 is 0 Å². The Morgan fingerprint density at radius 2 is 1.79 bits per heavy atom. The monoisotopic (exact) mass is 586 g/mol. The van der Waals surface area contributed by atoms with Gasteiger partial charge in [0.25, 0.3) is 0 Å². The third-order valence-corrected chi connectivity index (χ3v) is 8.51. The average Bonchev–Trinajstić information content (AvgIpc) is 3.51. The lowest BCUT2D eigenvalue weighted by atomic mass is 9.89. The van der Waals surface area contributed by atoms with E-state index in [0.717, 1.165) is 59.3 Å². The van der Waals surface area contributed by atoms with Crippen LogP contribution in [0.25, 0.3) is 11.1 Å². The number of ether oxygens (including phenoxy) is 3. The van der Waals surface area contributed by atoms with E-state index in [4.69, 9.17) is 14.2 Å². The van der Waals surface area contributed by atoms with Gasteiger partial charge in [0.15, 0.2) is 6.29 Å². The van der Waals surface area contributed by atoms with Crippen molar-refractivity contribution < 1.29 is 29.2 Å². The molecule has 8 heteroatoms. The van der Waals surface area contributed by atoms with Crippen LogP contribution in [-0.4, -0.2) is 59.7 Å². The van der Waals surface area contributed by atoms with Crippen LogP contribution in [0.4, 0.5) is 4.79 Å². The van der Waals surface area contributed by atoms with E-state index >= 15 is 0 Å². The Labute approximate surface area is 253 Å². The first-order valence-electron chi connectivity index (χ1n) is 15.1. The Hall–Kier alpha value is -3.53. The molecule has 2 aliphatic heterocycles. The van der Waals surface area contributed by atoms with Gasteiger partial charge in [0, 0.05) is 30.6 Å². The highest BCUT2D eigenvalue weighted by molar-refractivity contribution is 5.70. The van der Waals surface area contributed by atoms with Crippen molar-refractivity contribution in [2.24, 2.45) is 5.92 Å². The van der Waals surface area contributed by atoms with Gasteiger partial charge in [0.1, 0.15) is 6.61 Å². The number of aliphatic hydroxyl groups is 2. The number of alkyl carbamates (subject to hydrolysis) is 1. The second-order valence-corrected chi connectivity index (χ2v) is 11.3. The first-order chi connectivity index (χ1) is 21.0. The minimum Gasteiger partial charge on any atom is -0.445 e. The topological polar surface area (TPSA) is 100 Å². The summed E-state index contributed by atoms with van der Waals surface area (Å²) in [5, 5.41) is 22.2. The number of benzene rings is 3. The van der Waals surface area contributed by atoms with Crippen molar-refractivity contribution in [3.8, 4) is 11.1 Å².